The normalized spacial score (nSPS) is 10.3. The maximum Gasteiger partial charge on any atom is 0.0309 e. The molecule has 0 fully saturated rings. The highest BCUT2D eigenvalue weighted by Gasteiger charge is 2.06. The lowest BCUT2D eigenvalue weighted by molar-refractivity contribution is 0.666. The van der Waals surface area contributed by atoms with E-state index in [1.807, 2.05) is 0 Å². The van der Waals surface area contributed by atoms with Gasteiger partial charge in [-0.2, -0.15) is 0 Å². The highest BCUT2D eigenvalue weighted by molar-refractivity contribution is 5.47. The summed E-state index contributed by atoms with van der Waals surface area (Å²) >= 11 is 0. The van der Waals surface area contributed by atoms with Crippen molar-refractivity contribution in [2.45, 2.75) is 91.4 Å². The van der Waals surface area contributed by atoms with Gasteiger partial charge in [-0.25, -0.2) is 0 Å². The minimum absolute atomic E-state index is 1.04. The zero-order valence-corrected chi connectivity index (χ0v) is 15.0. The highest BCUT2D eigenvalue weighted by atomic mass is 14.1. The predicted octanol–water partition coefficient (Wildman–Crippen LogP) is 6.69. The van der Waals surface area contributed by atoms with Crippen LogP contribution in [0.15, 0.2) is 18.2 Å². The Balaban J connectivity index is 2.84. The fourth-order valence-electron chi connectivity index (χ4n) is 2.76. The van der Waals surface area contributed by atoms with Crippen LogP contribution in [0.1, 0.15) is 95.2 Å². The summed E-state index contributed by atoms with van der Waals surface area (Å²) in [5.74, 6) is 6.93. The SMILES string of the molecule is CCCCC#Cc1c(CCCC)cccc1CCCCCC. The van der Waals surface area contributed by atoms with Crippen molar-refractivity contribution in [3.63, 3.8) is 0 Å². The molecule has 0 heteroatoms. The van der Waals surface area contributed by atoms with Crippen molar-refractivity contribution >= 4 is 0 Å². The summed E-state index contributed by atoms with van der Waals surface area (Å²) < 4.78 is 0. The van der Waals surface area contributed by atoms with Crippen molar-refractivity contribution in [3.8, 4) is 11.8 Å². The first-order valence-corrected chi connectivity index (χ1v) is 9.43. The molecule has 0 radical (unpaired) electrons. The molecule has 0 saturated carbocycles. The molecule has 1 aromatic carbocycles. The quantitative estimate of drug-likeness (QED) is 0.333. The molecule has 122 valence electrons. The third kappa shape index (κ3) is 7.17. The van der Waals surface area contributed by atoms with E-state index < -0.39 is 0 Å². The minimum Gasteiger partial charge on any atom is -0.0979 e. The molecule has 0 aliphatic heterocycles. The Morgan fingerprint density at radius 2 is 1.36 bits per heavy atom. The third-order valence-corrected chi connectivity index (χ3v) is 4.21. The molecule has 1 aromatic rings. The van der Waals surface area contributed by atoms with Gasteiger partial charge in [-0.15, -0.1) is 0 Å². The van der Waals surface area contributed by atoms with E-state index in [4.69, 9.17) is 0 Å². The fourth-order valence-corrected chi connectivity index (χ4v) is 2.76. The highest BCUT2D eigenvalue weighted by Crippen LogP contribution is 2.19. The second kappa shape index (κ2) is 12.3. The molecule has 1 rings (SSSR count). The first kappa shape index (κ1) is 18.8. The molecule has 0 spiro atoms. The lowest BCUT2D eigenvalue weighted by Crippen LogP contribution is -1.98. The zero-order valence-electron chi connectivity index (χ0n) is 15.0. The maximum absolute atomic E-state index is 3.52. The van der Waals surface area contributed by atoms with E-state index >= 15 is 0 Å². The van der Waals surface area contributed by atoms with Gasteiger partial charge < -0.3 is 0 Å². The van der Waals surface area contributed by atoms with Crippen molar-refractivity contribution in [3.05, 3.63) is 34.9 Å². The second-order valence-electron chi connectivity index (χ2n) is 6.27. The van der Waals surface area contributed by atoms with Crippen LogP contribution in [0.25, 0.3) is 0 Å². The van der Waals surface area contributed by atoms with E-state index in [0.29, 0.717) is 0 Å². The average Bonchev–Trinajstić information content (AvgIpc) is 2.54. The summed E-state index contributed by atoms with van der Waals surface area (Å²) in [6.45, 7) is 6.77. The molecule has 0 aliphatic carbocycles. The first-order chi connectivity index (χ1) is 10.8. The van der Waals surface area contributed by atoms with Gasteiger partial charge in [0.15, 0.2) is 0 Å². The maximum atomic E-state index is 3.52. The standard InChI is InChI=1S/C22H34/c1-4-7-10-12-16-21-18-14-17-20(15-9-6-3)22(21)19-13-11-8-5-2/h14,17-18H,4-12,15-16H2,1-3H3. The van der Waals surface area contributed by atoms with Crippen LogP contribution in [0.4, 0.5) is 0 Å². The molecule has 0 bridgehead atoms. The van der Waals surface area contributed by atoms with Crippen LogP contribution in [0.5, 0.6) is 0 Å². The smallest absolute Gasteiger partial charge is 0.0309 e. The largest absolute Gasteiger partial charge is 0.0979 e. The Hall–Kier alpha value is -1.22. The lowest BCUT2D eigenvalue weighted by atomic mass is 9.94. The van der Waals surface area contributed by atoms with Gasteiger partial charge in [0, 0.05) is 12.0 Å². The molecule has 0 nitrogen and oxygen atoms in total. The Kier molecular flexibility index (Phi) is 10.6. The molecule has 0 atom stereocenters. The van der Waals surface area contributed by atoms with Crippen molar-refractivity contribution in [1.29, 1.82) is 0 Å². The summed E-state index contributed by atoms with van der Waals surface area (Å²) in [6.07, 6.45) is 13.7. The van der Waals surface area contributed by atoms with E-state index in [-0.39, 0.29) is 0 Å². The molecule has 0 aliphatic rings. The summed E-state index contributed by atoms with van der Waals surface area (Å²) in [4.78, 5) is 0. The van der Waals surface area contributed by atoms with Crippen LogP contribution < -0.4 is 0 Å². The van der Waals surface area contributed by atoms with E-state index in [9.17, 15) is 0 Å². The summed E-state index contributed by atoms with van der Waals surface area (Å²) in [7, 11) is 0. The second-order valence-corrected chi connectivity index (χ2v) is 6.27. The number of rotatable bonds is 10. The summed E-state index contributed by atoms with van der Waals surface area (Å²) in [5, 5.41) is 0. The molecule has 0 amide bonds. The number of benzene rings is 1. The van der Waals surface area contributed by atoms with E-state index in [0.717, 1.165) is 6.42 Å². The van der Waals surface area contributed by atoms with Gasteiger partial charge in [-0.3, -0.25) is 0 Å². The average molecular weight is 299 g/mol. The van der Waals surface area contributed by atoms with Crippen molar-refractivity contribution < 1.29 is 0 Å². The molecule has 0 unspecified atom stereocenters. The van der Waals surface area contributed by atoms with Crippen LogP contribution in [0, 0.1) is 11.8 Å². The number of hydrogen-bond acceptors (Lipinski definition) is 0. The van der Waals surface area contributed by atoms with Gasteiger partial charge in [0.05, 0.1) is 0 Å². The van der Waals surface area contributed by atoms with Gasteiger partial charge in [0.1, 0.15) is 0 Å². The molecule has 22 heavy (non-hydrogen) atoms. The Morgan fingerprint density at radius 3 is 2.00 bits per heavy atom. The van der Waals surface area contributed by atoms with Gasteiger partial charge in [0.2, 0.25) is 0 Å². The Bertz CT molecular complexity index is 459. The molecule has 0 heterocycles. The minimum atomic E-state index is 1.04. The van der Waals surface area contributed by atoms with Crippen molar-refractivity contribution in [2.75, 3.05) is 0 Å². The predicted molar refractivity (Wildman–Crippen MR) is 99.3 cm³/mol. The van der Waals surface area contributed by atoms with Crippen LogP contribution >= 0.6 is 0 Å². The number of aryl methyl sites for hydroxylation is 2. The summed E-state index contributed by atoms with van der Waals surface area (Å²) in [5.41, 5.74) is 4.30. The van der Waals surface area contributed by atoms with E-state index in [1.54, 1.807) is 0 Å². The first-order valence-electron chi connectivity index (χ1n) is 9.43. The topological polar surface area (TPSA) is 0 Å². The monoisotopic (exact) mass is 298 g/mol. The van der Waals surface area contributed by atoms with E-state index in [1.165, 1.54) is 80.9 Å². The summed E-state index contributed by atoms with van der Waals surface area (Å²) in [6, 6.07) is 6.82. The Morgan fingerprint density at radius 1 is 0.727 bits per heavy atom. The molecule has 0 N–H and O–H groups in total. The van der Waals surface area contributed by atoms with E-state index in [2.05, 4.69) is 50.8 Å². The van der Waals surface area contributed by atoms with Crippen LogP contribution in [0.3, 0.4) is 0 Å². The molecular formula is C22H34. The van der Waals surface area contributed by atoms with Gasteiger partial charge >= 0.3 is 0 Å². The number of hydrogen-bond donors (Lipinski definition) is 0. The third-order valence-electron chi connectivity index (χ3n) is 4.21. The lowest BCUT2D eigenvalue weighted by Gasteiger charge is -2.10. The molecule has 0 saturated heterocycles. The zero-order chi connectivity index (χ0) is 16.0. The fraction of sp³-hybridized carbons (Fsp3) is 0.636. The Labute approximate surface area is 138 Å². The van der Waals surface area contributed by atoms with Gasteiger partial charge in [-0.1, -0.05) is 82.9 Å². The van der Waals surface area contributed by atoms with Crippen molar-refractivity contribution in [1.82, 2.24) is 0 Å². The van der Waals surface area contributed by atoms with Crippen LogP contribution in [-0.2, 0) is 12.8 Å². The van der Waals surface area contributed by atoms with Crippen LogP contribution in [0.2, 0.25) is 0 Å². The molecule has 0 aromatic heterocycles. The number of unbranched alkanes of at least 4 members (excludes halogenated alkanes) is 6. The van der Waals surface area contributed by atoms with Gasteiger partial charge in [-0.05, 0) is 43.2 Å². The van der Waals surface area contributed by atoms with Crippen molar-refractivity contribution in [2.24, 2.45) is 0 Å². The van der Waals surface area contributed by atoms with Crippen LogP contribution in [-0.4, -0.2) is 0 Å². The molecular weight excluding hydrogens is 264 g/mol. The van der Waals surface area contributed by atoms with Gasteiger partial charge in [0.25, 0.3) is 0 Å².